The Labute approximate surface area is 249 Å². The van der Waals surface area contributed by atoms with E-state index in [1.807, 2.05) is 71.9 Å². The van der Waals surface area contributed by atoms with E-state index in [2.05, 4.69) is 47.6 Å². The van der Waals surface area contributed by atoms with Crippen molar-refractivity contribution in [2.75, 3.05) is 16.7 Å². The van der Waals surface area contributed by atoms with Gasteiger partial charge in [-0.25, -0.2) is 13.4 Å². The van der Waals surface area contributed by atoms with Gasteiger partial charge in [-0.05, 0) is 105 Å². The van der Waals surface area contributed by atoms with E-state index in [4.69, 9.17) is 15.2 Å². The van der Waals surface area contributed by atoms with E-state index in [0.717, 1.165) is 44.8 Å². The molecule has 0 aliphatic heterocycles. The number of fused-ring (bicyclic) bond motifs is 1. The molecule has 0 aliphatic rings. The standard InChI is InChI=1S/C33H42N4O4S/c1-31(2,3)27-18-23(26-19-35-30(41-33(7,8)9)36-29(26)40-32(4,5)6)17-25(28(27)34)22-12-11-21-16-24(37-42(10,38)39)14-13-20(21)15-22/h11-19,37H,34H2,1-10H3. The highest BCUT2D eigenvalue weighted by atomic mass is 32.2. The van der Waals surface area contributed by atoms with Crippen molar-refractivity contribution in [2.45, 2.75) is 78.9 Å². The molecule has 0 radical (unpaired) electrons. The second-order valence-corrected chi connectivity index (χ2v) is 15.4. The van der Waals surface area contributed by atoms with Gasteiger partial charge in [-0.1, -0.05) is 39.0 Å². The van der Waals surface area contributed by atoms with Gasteiger partial charge in [-0.2, -0.15) is 4.98 Å². The third kappa shape index (κ3) is 7.70. The number of hydrogen-bond donors (Lipinski definition) is 2. The largest absolute Gasteiger partial charge is 0.471 e. The minimum absolute atomic E-state index is 0.247. The predicted molar refractivity (Wildman–Crippen MR) is 173 cm³/mol. The molecule has 8 nitrogen and oxygen atoms in total. The summed E-state index contributed by atoms with van der Waals surface area (Å²) in [5.74, 6) is 0.428. The summed E-state index contributed by atoms with van der Waals surface area (Å²) in [5, 5.41) is 1.86. The fraction of sp³-hybridized carbons (Fsp3) is 0.394. The molecule has 4 rings (SSSR count). The molecule has 0 fully saturated rings. The van der Waals surface area contributed by atoms with Crippen LogP contribution in [0.2, 0.25) is 0 Å². The average Bonchev–Trinajstić information content (AvgIpc) is 2.80. The number of benzene rings is 3. The zero-order chi connectivity index (χ0) is 31.3. The molecule has 9 heteroatoms. The van der Waals surface area contributed by atoms with Crippen molar-refractivity contribution in [1.82, 2.24) is 9.97 Å². The van der Waals surface area contributed by atoms with E-state index in [1.54, 1.807) is 12.3 Å². The number of nitrogens with zero attached hydrogens (tertiary/aromatic N) is 2. The van der Waals surface area contributed by atoms with Crippen LogP contribution in [0.4, 0.5) is 11.4 Å². The van der Waals surface area contributed by atoms with Crippen LogP contribution >= 0.6 is 0 Å². The second kappa shape index (κ2) is 10.8. The number of rotatable bonds is 6. The fourth-order valence-electron chi connectivity index (χ4n) is 4.60. The molecule has 0 amide bonds. The van der Waals surface area contributed by atoms with Crippen LogP contribution in [0.3, 0.4) is 0 Å². The van der Waals surface area contributed by atoms with Crippen molar-refractivity contribution in [3.05, 3.63) is 60.3 Å². The van der Waals surface area contributed by atoms with Gasteiger partial charge in [0, 0.05) is 23.1 Å². The van der Waals surface area contributed by atoms with Crippen LogP contribution in [-0.2, 0) is 15.4 Å². The summed E-state index contributed by atoms with van der Waals surface area (Å²) in [5.41, 5.74) is 11.2. The van der Waals surface area contributed by atoms with Crippen LogP contribution in [0, 0.1) is 0 Å². The third-order valence-corrected chi connectivity index (χ3v) is 6.89. The number of ether oxygens (including phenoxy) is 2. The predicted octanol–water partition coefficient (Wildman–Crippen LogP) is 7.57. The molecule has 0 atom stereocenters. The third-order valence-electron chi connectivity index (χ3n) is 6.29. The molecular formula is C33H42N4O4S. The summed E-state index contributed by atoms with van der Waals surface area (Å²) in [6, 6.07) is 15.9. The molecule has 0 saturated heterocycles. The van der Waals surface area contributed by atoms with Crippen molar-refractivity contribution in [1.29, 1.82) is 0 Å². The Hall–Kier alpha value is -3.85. The maximum absolute atomic E-state index is 11.7. The highest BCUT2D eigenvalue weighted by Crippen LogP contribution is 2.42. The molecule has 0 bridgehead atoms. The molecule has 1 heterocycles. The number of anilines is 2. The number of nitrogens with one attached hydrogen (secondary N) is 1. The van der Waals surface area contributed by atoms with E-state index < -0.39 is 21.2 Å². The molecule has 4 aromatic rings. The van der Waals surface area contributed by atoms with Crippen LogP contribution < -0.4 is 19.9 Å². The van der Waals surface area contributed by atoms with Crippen molar-refractivity contribution >= 4 is 32.2 Å². The van der Waals surface area contributed by atoms with Crippen molar-refractivity contribution in [3.63, 3.8) is 0 Å². The van der Waals surface area contributed by atoms with Crippen LogP contribution in [-0.4, -0.2) is 35.8 Å². The normalized spacial score (nSPS) is 12.8. The zero-order valence-corrected chi connectivity index (χ0v) is 27.0. The first-order chi connectivity index (χ1) is 19.2. The summed E-state index contributed by atoms with van der Waals surface area (Å²) in [7, 11) is -3.37. The Morgan fingerprint density at radius 1 is 0.762 bits per heavy atom. The second-order valence-electron chi connectivity index (χ2n) is 13.7. The molecule has 224 valence electrons. The van der Waals surface area contributed by atoms with Gasteiger partial charge in [0.1, 0.15) is 11.2 Å². The van der Waals surface area contributed by atoms with Gasteiger partial charge in [-0.15, -0.1) is 0 Å². The molecule has 0 aliphatic carbocycles. The van der Waals surface area contributed by atoms with Gasteiger partial charge < -0.3 is 15.2 Å². The van der Waals surface area contributed by atoms with Crippen LogP contribution in [0.5, 0.6) is 11.9 Å². The van der Waals surface area contributed by atoms with Gasteiger partial charge in [-0.3, -0.25) is 4.72 Å². The number of sulfonamides is 1. The lowest BCUT2D eigenvalue weighted by Crippen LogP contribution is -2.26. The first-order valence-electron chi connectivity index (χ1n) is 13.9. The van der Waals surface area contributed by atoms with E-state index in [1.165, 1.54) is 0 Å². The molecule has 42 heavy (non-hydrogen) atoms. The highest BCUT2D eigenvalue weighted by Gasteiger charge is 2.25. The van der Waals surface area contributed by atoms with Crippen LogP contribution in [0.25, 0.3) is 33.0 Å². The maximum Gasteiger partial charge on any atom is 0.320 e. The minimum atomic E-state index is -3.37. The summed E-state index contributed by atoms with van der Waals surface area (Å²) >= 11 is 0. The Balaban J connectivity index is 1.91. The molecule has 0 unspecified atom stereocenters. The monoisotopic (exact) mass is 590 g/mol. The highest BCUT2D eigenvalue weighted by molar-refractivity contribution is 7.92. The summed E-state index contributed by atoms with van der Waals surface area (Å²) in [4.78, 5) is 9.20. The maximum atomic E-state index is 11.7. The molecule has 0 spiro atoms. The lowest BCUT2D eigenvalue weighted by molar-refractivity contribution is 0.103. The number of nitrogens with two attached hydrogens (primary N) is 1. The quantitative estimate of drug-likeness (QED) is 0.222. The first kappa shape index (κ1) is 31.1. The van der Waals surface area contributed by atoms with Crippen LogP contribution in [0.1, 0.15) is 67.9 Å². The minimum Gasteiger partial charge on any atom is -0.471 e. The van der Waals surface area contributed by atoms with Gasteiger partial charge in [0.05, 0.1) is 11.8 Å². The first-order valence-corrected chi connectivity index (χ1v) is 15.8. The number of aromatic nitrogens is 2. The van der Waals surface area contributed by atoms with Gasteiger partial charge in [0.25, 0.3) is 0 Å². The summed E-state index contributed by atoms with van der Waals surface area (Å²) < 4.78 is 38.2. The summed E-state index contributed by atoms with van der Waals surface area (Å²) in [6.45, 7) is 18.2. The molecule has 3 aromatic carbocycles. The molecule has 1 aromatic heterocycles. The molecule has 0 saturated carbocycles. The summed E-state index contributed by atoms with van der Waals surface area (Å²) in [6.07, 6.45) is 2.88. The average molecular weight is 591 g/mol. The smallest absolute Gasteiger partial charge is 0.320 e. The Kier molecular flexibility index (Phi) is 7.97. The van der Waals surface area contributed by atoms with Crippen molar-refractivity contribution in [2.24, 2.45) is 0 Å². The Morgan fingerprint density at radius 2 is 1.38 bits per heavy atom. The van der Waals surface area contributed by atoms with E-state index >= 15 is 0 Å². The van der Waals surface area contributed by atoms with E-state index in [0.29, 0.717) is 17.3 Å². The van der Waals surface area contributed by atoms with Crippen molar-refractivity contribution in [3.8, 4) is 34.1 Å². The Morgan fingerprint density at radius 3 is 1.98 bits per heavy atom. The lowest BCUT2D eigenvalue weighted by Gasteiger charge is -2.26. The SMILES string of the molecule is CC(C)(C)Oc1ncc(-c2cc(-c3ccc4cc(NS(C)(=O)=O)ccc4c3)c(N)c(C(C)(C)C)c2)c(OC(C)(C)C)n1. The molecule has 3 N–H and O–H groups in total. The zero-order valence-electron chi connectivity index (χ0n) is 26.2. The van der Waals surface area contributed by atoms with Gasteiger partial charge in [0.2, 0.25) is 15.9 Å². The number of nitrogen functional groups attached to an aromatic ring is 1. The lowest BCUT2D eigenvalue weighted by atomic mass is 9.81. The van der Waals surface area contributed by atoms with Gasteiger partial charge >= 0.3 is 6.01 Å². The fourth-order valence-corrected chi connectivity index (χ4v) is 5.15. The Bertz CT molecular complexity index is 1750. The van der Waals surface area contributed by atoms with Gasteiger partial charge in [0.15, 0.2) is 0 Å². The molecular weight excluding hydrogens is 548 g/mol. The van der Waals surface area contributed by atoms with Crippen molar-refractivity contribution < 1.29 is 17.9 Å². The number of hydrogen-bond acceptors (Lipinski definition) is 7. The van der Waals surface area contributed by atoms with Crippen LogP contribution in [0.15, 0.2) is 54.7 Å². The topological polar surface area (TPSA) is 116 Å². The van der Waals surface area contributed by atoms with E-state index in [-0.39, 0.29) is 11.4 Å². The van der Waals surface area contributed by atoms with E-state index in [9.17, 15) is 8.42 Å².